The lowest BCUT2D eigenvalue weighted by Crippen LogP contribution is -2.21. The number of thiophene rings is 1. The lowest BCUT2D eigenvalue weighted by Gasteiger charge is -2.13. The van der Waals surface area contributed by atoms with E-state index in [-0.39, 0.29) is 6.04 Å². The first-order valence-corrected chi connectivity index (χ1v) is 6.39. The lowest BCUT2D eigenvalue weighted by atomic mass is 10.2. The van der Waals surface area contributed by atoms with Gasteiger partial charge in [-0.05, 0) is 18.0 Å². The van der Waals surface area contributed by atoms with Crippen molar-refractivity contribution in [3.8, 4) is 0 Å². The zero-order valence-corrected chi connectivity index (χ0v) is 9.57. The van der Waals surface area contributed by atoms with Crippen LogP contribution in [0, 0.1) is 0 Å². The van der Waals surface area contributed by atoms with Crippen LogP contribution in [0.2, 0.25) is 0 Å². The molecule has 2 aromatic heterocycles. The molecule has 0 spiro atoms. The molecule has 0 radical (unpaired) electrons. The van der Waals surface area contributed by atoms with Crippen LogP contribution >= 0.6 is 22.7 Å². The predicted molar refractivity (Wildman–Crippen MR) is 62.0 cm³/mol. The highest BCUT2D eigenvalue weighted by Gasteiger charge is 2.14. The van der Waals surface area contributed by atoms with Crippen LogP contribution in [-0.2, 0) is 0 Å². The Morgan fingerprint density at radius 1 is 1.57 bits per heavy atom. The third-order valence-corrected chi connectivity index (χ3v) is 3.53. The van der Waals surface area contributed by atoms with Crippen molar-refractivity contribution in [2.75, 3.05) is 6.54 Å². The quantitative estimate of drug-likeness (QED) is 0.863. The molecule has 14 heavy (non-hydrogen) atoms. The molecule has 2 heterocycles. The highest BCUT2D eigenvalue weighted by atomic mass is 32.1. The first kappa shape index (κ1) is 9.83. The molecule has 0 amide bonds. The minimum atomic E-state index is 0.270. The second kappa shape index (κ2) is 4.68. The maximum absolute atomic E-state index is 4.35. The number of hydrogen-bond donors (Lipinski definition) is 1. The second-order valence-corrected chi connectivity index (χ2v) is 4.62. The first-order valence-electron chi connectivity index (χ1n) is 4.56. The van der Waals surface area contributed by atoms with Gasteiger partial charge in [0.25, 0.3) is 0 Å². The molecule has 0 bridgehead atoms. The van der Waals surface area contributed by atoms with Gasteiger partial charge in [0.1, 0.15) is 0 Å². The summed E-state index contributed by atoms with van der Waals surface area (Å²) in [4.78, 5) is 5.69. The molecule has 1 atom stereocenters. The molecule has 2 rings (SSSR count). The van der Waals surface area contributed by atoms with Crippen LogP contribution < -0.4 is 5.32 Å². The summed E-state index contributed by atoms with van der Waals surface area (Å²) in [5, 5.41) is 7.65. The van der Waals surface area contributed by atoms with E-state index in [1.807, 2.05) is 5.51 Å². The van der Waals surface area contributed by atoms with E-state index in [0.29, 0.717) is 0 Å². The maximum atomic E-state index is 4.35. The van der Waals surface area contributed by atoms with Crippen molar-refractivity contribution in [2.24, 2.45) is 0 Å². The minimum absolute atomic E-state index is 0.270. The third kappa shape index (κ3) is 2.03. The Hall–Kier alpha value is -0.710. The normalized spacial score (nSPS) is 12.9. The number of hydrogen-bond acceptors (Lipinski definition) is 4. The highest BCUT2D eigenvalue weighted by Crippen LogP contribution is 2.25. The van der Waals surface area contributed by atoms with Gasteiger partial charge >= 0.3 is 0 Å². The van der Waals surface area contributed by atoms with E-state index in [9.17, 15) is 0 Å². The van der Waals surface area contributed by atoms with Crippen LogP contribution in [-0.4, -0.2) is 11.5 Å². The van der Waals surface area contributed by atoms with Crippen molar-refractivity contribution >= 4 is 22.7 Å². The molecule has 2 nitrogen and oxygen atoms in total. The van der Waals surface area contributed by atoms with E-state index in [2.05, 4.69) is 40.1 Å². The molecular formula is C10H12N2S2. The fraction of sp³-hybridized carbons (Fsp3) is 0.300. The molecule has 0 aliphatic rings. The predicted octanol–water partition coefficient (Wildman–Crippen LogP) is 2.90. The van der Waals surface area contributed by atoms with E-state index >= 15 is 0 Å². The van der Waals surface area contributed by atoms with E-state index in [0.717, 1.165) is 12.2 Å². The largest absolute Gasteiger partial charge is 0.305 e. The van der Waals surface area contributed by atoms with Gasteiger partial charge in [-0.2, -0.15) is 0 Å². The Morgan fingerprint density at radius 2 is 2.50 bits per heavy atom. The van der Waals surface area contributed by atoms with Gasteiger partial charge in [0.05, 0.1) is 17.2 Å². The molecule has 0 aliphatic heterocycles. The van der Waals surface area contributed by atoms with Gasteiger partial charge in [-0.1, -0.05) is 13.0 Å². The van der Waals surface area contributed by atoms with Gasteiger partial charge in [0, 0.05) is 10.3 Å². The Balaban J connectivity index is 2.25. The fourth-order valence-electron chi connectivity index (χ4n) is 1.37. The minimum Gasteiger partial charge on any atom is -0.305 e. The number of rotatable bonds is 4. The standard InChI is InChI=1S/C10H12N2S2/c1-2-11-10(8-6-13-7-12-8)9-4-3-5-14-9/h3-7,10-11H,2H2,1H3. The van der Waals surface area contributed by atoms with Gasteiger partial charge < -0.3 is 5.32 Å². The van der Waals surface area contributed by atoms with E-state index in [1.165, 1.54) is 4.88 Å². The summed E-state index contributed by atoms with van der Waals surface area (Å²) in [6.45, 7) is 3.08. The molecule has 0 aliphatic carbocycles. The van der Waals surface area contributed by atoms with Crippen molar-refractivity contribution < 1.29 is 0 Å². The van der Waals surface area contributed by atoms with Gasteiger partial charge in [0.15, 0.2) is 0 Å². The summed E-state index contributed by atoms with van der Waals surface area (Å²) in [5.74, 6) is 0. The fourth-order valence-corrected chi connectivity index (χ4v) is 2.77. The van der Waals surface area contributed by atoms with Crippen molar-refractivity contribution in [1.29, 1.82) is 0 Å². The van der Waals surface area contributed by atoms with E-state index in [1.54, 1.807) is 22.7 Å². The van der Waals surface area contributed by atoms with Gasteiger partial charge in [-0.3, -0.25) is 0 Å². The summed E-state index contributed by atoms with van der Waals surface area (Å²) in [7, 11) is 0. The molecule has 0 aromatic carbocycles. The molecule has 1 unspecified atom stereocenters. The smallest absolute Gasteiger partial charge is 0.0853 e. The highest BCUT2D eigenvalue weighted by molar-refractivity contribution is 7.10. The SMILES string of the molecule is CCNC(c1cscn1)c1cccs1. The van der Waals surface area contributed by atoms with Crippen LogP contribution in [0.1, 0.15) is 23.5 Å². The summed E-state index contributed by atoms with van der Waals surface area (Å²) < 4.78 is 0. The van der Waals surface area contributed by atoms with E-state index in [4.69, 9.17) is 0 Å². The molecule has 0 saturated heterocycles. The molecule has 74 valence electrons. The van der Waals surface area contributed by atoms with Gasteiger partial charge in [-0.15, -0.1) is 22.7 Å². The van der Waals surface area contributed by atoms with Crippen LogP contribution in [0.5, 0.6) is 0 Å². The number of nitrogens with zero attached hydrogens (tertiary/aromatic N) is 1. The summed E-state index contributed by atoms with van der Waals surface area (Å²) >= 11 is 3.42. The number of thiazole rings is 1. The molecule has 0 fully saturated rings. The van der Waals surface area contributed by atoms with Gasteiger partial charge in [-0.25, -0.2) is 4.98 Å². The monoisotopic (exact) mass is 224 g/mol. The molecule has 1 N–H and O–H groups in total. The van der Waals surface area contributed by atoms with Gasteiger partial charge in [0.2, 0.25) is 0 Å². The van der Waals surface area contributed by atoms with Crippen LogP contribution in [0.15, 0.2) is 28.4 Å². The molecule has 2 aromatic rings. The Kier molecular flexibility index (Phi) is 3.29. The van der Waals surface area contributed by atoms with Crippen molar-refractivity contribution in [3.63, 3.8) is 0 Å². The topological polar surface area (TPSA) is 24.9 Å². The zero-order valence-electron chi connectivity index (χ0n) is 7.93. The lowest BCUT2D eigenvalue weighted by molar-refractivity contribution is 0.627. The van der Waals surface area contributed by atoms with Crippen molar-refractivity contribution in [1.82, 2.24) is 10.3 Å². The molecular weight excluding hydrogens is 212 g/mol. The average molecular weight is 224 g/mol. The van der Waals surface area contributed by atoms with E-state index < -0.39 is 0 Å². The maximum Gasteiger partial charge on any atom is 0.0853 e. The summed E-state index contributed by atoms with van der Waals surface area (Å²) in [6, 6.07) is 4.50. The Bertz CT molecular complexity index is 319. The third-order valence-electron chi connectivity index (χ3n) is 1.98. The summed E-state index contributed by atoms with van der Waals surface area (Å²) in [5.41, 5.74) is 3.01. The van der Waals surface area contributed by atoms with Crippen molar-refractivity contribution in [3.05, 3.63) is 39.0 Å². The number of nitrogens with one attached hydrogen (secondary N) is 1. The van der Waals surface area contributed by atoms with Crippen LogP contribution in [0.25, 0.3) is 0 Å². The second-order valence-electron chi connectivity index (χ2n) is 2.92. The zero-order chi connectivity index (χ0) is 9.80. The van der Waals surface area contributed by atoms with Crippen LogP contribution in [0.3, 0.4) is 0 Å². The Morgan fingerprint density at radius 3 is 3.07 bits per heavy atom. The number of aromatic nitrogens is 1. The average Bonchev–Trinajstić information content (AvgIpc) is 2.87. The van der Waals surface area contributed by atoms with Crippen molar-refractivity contribution in [2.45, 2.75) is 13.0 Å². The summed E-state index contributed by atoms with van der Waals surface area (Å²) in [6.07, 6.45) is 0. The first-order chi connectivity index (χ1) is 6.92. The Labute approximate surface area is 91.6 Å². The molecule has 4 heteroatoms. The molecule has 0 saturated carbocycles. The van der Waals surface area contributed by atoms with Crippen LogP contribution in [0.4, 0.5) is 0 Å².